The number of rotatable bonds is 14. The summed E-state index contributed by atoms with van der Waals surface area (Å²) in [5.74, 6) is 0. The second kappa shape index (κ2) is 20.0. The highest BCUT2D eigenvalue weighted by Gasteiger charge is 2.56. The van der Waals surface area contributed by atoms with Gasteiger partial charge in [0.05, 0.1) is 62.4 Å². The van der Waals surface area contributed by atoms with Crippen molar-refractivity contribution in [2.24, 2.45) is 25.6 Å². The summed E-state index contributed by atoms with van der Waals surface area (Å²) < 4.78 is 47.5. The molecule has 29 nitrogen and oxygen atoms in total. The van der Waals surface area contributed by atoms with Gasteiger partial charge in [-0.1, -0.05) is 55.9 Å². The zero-order valence-electron chi connectivity index (χ0n) is 30.4. The van der Waals surface area contributed by atoms with Crippen molar-refractivity contribution in [1.29, 1.82) is 0 Å². The first-order chi connectivity index (χ1) is 28.6. The predicted molar refractivity (Wildman–Crippen MR) is 188 cm³/mol. The lowest BCUT2D eigenvalue weighted by molar-refractivity contribution is -0.355. The molecule has 1 aliphatic carbocycles. The minimum Gasteiger partial charge on any atom is -0.394 e. The Kier molecular flexibility index (Phi) is 14.8. The minimum absolute atomic E-state index is 0.129. The third kappa shape index (κ3) is 9.34. The quantitative estimate of drug-likeness (QED) is 0.0852. The third-order valence-corrected chi connectivity index (χ3v) is 10.4. The summed E-state index contributed by atoms with van der Waals surface area (Å²) in [7, 11) is 0. The van der Waals surface area contributed by atoms with Crippen molar-refractivity contribution in [3.8, 4) is 0 Å². The van der Waals surface area contributed by atoms with Crippen molar-refractivity contribution in [2.45, 2.75) is 129 Å². The van der Waals surface area contributed by atoms with Gasteiger partial charge in [0.15, 0.2) is 25.2 Å². The Bertz CT molecular complexity index is 1850. The molecule has 5 fully saturated rings. The Labute approximate surface area is 331 Å². The highest BCUT2D eigenvalue weighted by Crippen LogP contribution is 2.40. The van der Waals surface area contributed by atoms with Gasteiger partial charge in [-0.15, -0.1) is 0 Å². The molecule has 16 unspecified atom stereocenters. The second-order valence-corrected chi connectivity index (χ2v) is 13.8. The van der Waals surface area contributed by atoms with Crippen molar-refractivity contribution in [3.05, 3.63) is 88.1 Å². The van der Waals surface area contributed by atoms with Crippen LogP contribution in [0.15, 0.2) is 55.9 Å². The summed E-state index contributed by atoms with van der Waals surface area (Å²) in [6, 6.07) is 3.01. The standard InChI is InChI=1S/C30H39N15O14/c31-41-36-7-13-19(48)20(49)16(39-44-34)28(53-13)58-24-14(8-46)54-30(22(24)51)59-26-18(47)11(37-42-32)6-12(38-43-33)23(26)56-29-17(40-45-35)21(50)25-15(55-29)9-52-27(57-25)10-4-2-1-3-5-10/h1-5,11-30,46-51H,6-9H2/t11-,12?,13?,14-,15?,16?,17?,18?,19?,20?,21?,22?,23?,24?,25?,26?,27?,28-,29?,30+/m1/s1. The molecule has 20 atom stereocenters. The van der Waals surface area contributed by atoms with E-state index >= 15 is 0 Å². The first-order valence-corrected chi connectivity index (χ1v) is 18.0. The summed E-state index contributed by atoms with van der Waals surface area (Å²) in [5.41, 5.74) is 46.8. The van der Waals surface area contributed by atoms with E-state index in [1.165, 1.54) is 0 Å². The Hall–Kier alpha value is -4.79. The maximum absolute atomic E-state index is 11.5. The molecule has 1 aromatic carbocycles. The van der Waals surface area contributed by atoms with Crippen LogP contribution in [0.3, 0.4) is 0 Å². The molecule has 4 aliphatic heterocycles. The molecule has 0 spiro atoms. The molecule has 0 radical (unpaired) electrons. The van der Waals surface area contributed by atoms with Gasteiger partial charge in [-0.25, -0.2) is 0 Å². The second-order valence-electron chi connectivity index (χ2n) is 13.8. The van der Waals surface area contributed by atoms with Gasteiger partial charge < -0.3 is 68.5 Å². The number of nitrogens with zero attached hydrogens (tertiary/aromatic N) is 15. The summed E-state index contributed by atoms with van der Waals surface area (Å²) >= 11 is 0. The SMILES string of the molecule is [N-]=[N+]=NCC1O[C@H](OC2C(O)[C@H](OC3C(OC4OC5COC(c6ccccc6)OC5C(O)C4N=[N+]=[N-])C(N=[N+]=[N-])C[C@@H](N=[N+]=[N-])C3O)O[C@@H]2CO)C(N=[N+]=[N-])C(O)C1O. The molecule has 0 amide bonds. The van der Waals surface area contributed by atoms with Crippen LogP contribution in [0.1, 0.15) is 18.3 Å². The number of benzene rings is 1. The van der Waals surface area contributed by atoms with E-state index < -0.39 is 136 Å². The number of aliphatic hydroxyl groups is 6. The molecule has 5 aliphatic rings. The molecule has 6 N–H and O–H groups in total. The van der Waals surface area contributed by atoms with E-state index in [2.05, 4.69) is 50.1 Å². The molecule has 0 bridgehead atoms. The van der Waals surface area contributed by atoms with Crippen LogP contribution < -0.4 is 0 Å². The molecule has 6 rings (SSSR count). The van der Waals surface area contributed by atoms with Gasteiger partial charge in [-0.05, 0) is 34.1 Å². The van der Waals surface area contributed by atoms with E-state index in [1.807, 2.05) is 0 Å². The summed E-state index contributed by atoms with van der Waals surface area (Å²) in [6.07, 6.45) is -25.0. The van der Waals surface area contributed by atoms with Crippen LogP contribution in [-0.2, 0) is 37.9 Å². The number of ether oxygens (including phenoxy) is 8. The van der Waals surface area contributed by atoms with Gasteiger partial charge >= 0.3 is 0 Å². The molecule has 318 valence electrons. The van der Waals surface area contributed by atoms with Gasteiger partial charge in [0.1, 0.15) is 54.8 Å². The van der Waals surface area contributed by atoms with Crippen LogP contribution in [0.2, 0.25) is 0 Å². The summed E-state index contributed by atoms with van der Waals surface area (Å²) in [4.78, 5) is 13.7. The molecule has 4 saturated heterocycles. The fourth-order valence-corrected chi connectivity index (χ4v) is 7.57. The molecule has 1 saturated carbocycles. The predicted octanol–water partition coefficient (Wildman–Crippen LogP) is 0.657. The van der Waals surface area contributed by atoms with Gasteiger partial charge in [0.2, 0.25) is 0 Å². The number of hydrogen-bond donors (Lipinski definition) is 6. The molecule has 4 heterocycles. The highest BCUT2D eigenvalue weighted by atomic mass is 16.8. The van der Waals surface area contributed by atoms with E-state index in [0.29, 0.717) is 5.56 Å². The Morgan fingerprint density at radius 1 is 0.610 bits per heavy atom. The van der Waals surface area contributed by atoms with Crippen LogP contribution in [0.5, 0.6) is 0 Å². The smallest absolute Gasteiger partial charge is 0.187 e. The van der Waals surface area contributed by atoms with E-state index in [-0.39, 0.29) is 13.0 Å². The van der Waals surface area contributed by atoms with Gasteiger partial charge in [0.25, 0.3) is 0 Å². The van der Waals surface area contributed by atoms with Gasteiger partial charge in [-0.3, -0.25) is 0 Å². The van der Waals surface area contributed by atoms with Crippen molar-refractivity contribution >= 4 is 0 Å². The lowest BCUT2D eigenvalue weighted by Gasteiger charge is -2.49. The molecule has 59 heavy (non-hydrogen) atoms. The molecule has 0 aromatic heterocycles. The zero-order chi connectivity index (χ0) is 42.2. The van der Waals surface area contributed by atoms with Crippen LogP contribution in [0.4, 0.5) is 0 Å². The Morgan fingerprint density at radius 3 is 1.88 bits per heavy atom. The minimum atomic E-state index is -1.90. The van der Waals surface area contributed by atoms with Gasteiger partial charge in [0, 0.05) is 30.1 Å². The molecular formula is C30H39N15O14. The van der Waals surface area contributed by atoms with Gasteiger partial charge in [-0.2, -0.15) is 0 Å². The van der Waals surface area contributed by atoms with Crippen LogP contribution in [0, 0.1) is 0 Å². The molecule has 1 aromatic rings. The summed E-state index contributed by atoms with van der Waals surface area (Å²) in [6.45, 7) is -1.47. The third-order valence-electron chi connectivity index (χ3n) is 10.4. The molecular weight excluding hydrogens is 794 g/mol. The van der Waals surface area contributed by atoms with E-state index in [4.69, 9.17) is 49.0 Å². The Morgan fingerprint density at radius 2 is 1.22 bits per heavy atom. The van der Waals surface area contributed by atoms with Crippen LogP contribution in [-0.4, -0.2) is 167 Å². The maximum atomic E-state index is 11.5. The van der Waals surface area contributed by atoms with E-state index in [1.54, 1.807) is 30.3 Å². The average molecular weight is 834 g/mol. The first kappa shape index (κ1) is 43.8. The number of azide groups is 5. The number of hydrogen-bond acceptors (Lipinski definition) is 19. The van der Waals surface area contributed by atoms with Crippen molar-refractivity contribution in [1.82, 2.24) is 0 Å². The topological polar surface area (TPSA) is 439 Å². The zero-order valence-corrected chi connectivity index (χ0v) is 30.4. The fraction of sp³-hybridized carbons (Fsp3) is 0.800. The van der Waals surface area contributed by atoms with E-state index in [9.17, 15) is 47.2 Å². The highest BCUT2D eigenvalue weighted by molar-refractivity contribution is 5.17. The normalized spacial score (nSPS) is 42.9. The number of fused-ring (bicyclic) bond motifs is 1. The maximum Gasteiger partial charge on any atom is 0.187 e. The largest absolute Gasteiger partial charge is 0.394 e. The summed E-state index contributed by atoms with van der Waals surface area (Å²) in [5, 5.41) is 83.8. The molecule has 29 heteroatoms. The first-order valence-electron chi connectivity index (χ1n) is 18.0. The lowest BCUT2D eigenvalue weighted by atomic mass is 9.84. The fourth-order valence-electron chi connectivity index (χ4n) is 7.57. The van der Waals surface area contributed by atoms with E-state index in [0.717, 1.165) is 0 Å². The van der Waals surface area contributed by atoms with Crippen molar-refractivity contribution < 1.29 is 68.5 Å². The van der Waals surface area contributed by atoms with Crippen molar-refractivity contribution in [2.75, 3.05) is 19.8 Å². The average Bonchev–Trinajstić information content (AvgIpc) is 3.54. The number of aliphatic hydroxyl groups excluding tert-OH is 6. The van der Waals surface area contributed by atoms with Crippen LogP contribution >= 0.6 is 0 Å². The monoisotopic (exact) mass is 833 g/mol. The lowest BCUT2D eigenvalue weighted by Crippen LogP contribution is -2.65. The Balaban J connectivity index is 1.26. The van der Waals surface area contributed by atoms with Crippen LogP contribution in [0.25, 0.3) is 52.2 Å². The van der Waals surface area contributed by atoms with Crippen molar-refractivity contribution in [3.63, 3.8) is 0 Å².